The summed E-state index contributed by atoms with van der Waals surface area (Å²) in [5, 5.41) is 3.45. The van der Waals surface area contributed by atoms with E-state index >= 15 is 0 Å². The van der Waals surface area contributed by atoms with Gasteiger partial charge in [0.25, 0.3) is 0 Å². The zero-order chi connectivity index (χ0) is 10.8. The number of aromatic nitrogens is 2. The molecule has 0 radical (unpaired) electrons. The van der Waals surface area contributed by atoms with Crippen LogP contribution in [0, 0.1) is 5.92 Å². The van der Waals surface area contributed by atoms with Crippen molar-refractivity contribution in [3.8, 4) is 0 Å². The summed E-state index contributed by atoms with van der Waals surface area (Å²) in [6.45, 7) is 2.33. The summed E-state index contributed by atoms with van der Waals surface area (Å²) in [5.74, 6) is 0.762. The first-order chi connectivity index (χ1) is 7.92. The van der Waals surface area contributed by atoms with Gasteiger partial charge in [0.15, 0.2) is 0 Å². The highest BCUT2D eigenvalue weighted by Gasteiger charge is 2.14. The molecule has 3 nitrogen and oxygen atoms in total. The van der Waals surface area contributed by atoms with Crippen LogP contribution in [0.2, 0.25) is 0 Å². The van der Waals surface area contributed by atoms with Crippen LogP contribution in [0.15, 0.2) is 24.4 Å². The average Bonchev–Trinajstić information content (AvgIpc) is 2.77. The molecule has 1 aliphatic heterocycles. The third-order valence-electron chi connectivity index (χ3n) is 3.36. The van der Waals surface area contributed by atoms with Crippen LogP contribution in [0.4, 0.5) is 0 Å². The Labute approximate surface area is 95.3 Å². The van der Waals surface area contributed by atoms with Crippen molar-refractivity contribution in [2.24, 2.45) is 5.92 Å². The third-order valence-corrected chi connectivity index (χ3v) is 3.36. The molecule has 0 aromatic carbocycles. The van der Waals surface area contributed by atoms with Gasteiger partial charge >= 0.3 is 0 Å². The number of pyridine rings is 1. The quantitative estimate of drug-likeness (QED) is 0.805. The summed E-state index contributed by atoms with van der Waals surface area (Å²) in [5.41, 5.74) is 3.44. The molecule has 16 heavy (non-hydrogen) atoms. The maximum absolute atomic E-state index is 4.67. The van der Waals surface area contributed by atoms with Crippen molar-refractivity contribution in [2.75, 3.05) is 13.1 Å². The molecule has 3 heteroatoms. The molecule has 84 valence electrons. The van der Waals surface area contributed by atoms with Crippen LogP contribution < -0.4 is 5.32 Å². The van der Waals surface area contributed by atoms with E-state index in [1.807, 2.05) is 12.3 Å². The zero-order valence-corrected chi connectivity index (χ0v) is 9.37. The topological polar surface area (TPSA) is 40.7 Å². The number of nitrogens with zero attached hydrogens (tertiary/aromatic N) is 1. The monoisotopic (exact) mass is 215 g/mol. The van der Waals surface area contributed by atoms with Gasteiger partial charge in [0, 0.05) is 11.9 Å². The predicted octanol–water partition coefficient (Wildman–Crippen LogP) is 2.10. The molecule has 0 bridgehead atoms. The Hall–Kier alpha value is -1.35. The summed E-state index contributed by atoms with van der Waals surface area (Å²) in [7, 11) is 0. The molecule has 2 N–H and O–H groups in total. The molecular formula is C13H17N3. The normalized spacial score (nSPS) is 21.4. The lowest BCUT2D eigenvalue weighted by atomic mass is 9.94. The van der Waals surface area contributed by atoms with Crippen molar-refractivity contribution < 1.29 is 0 Å². The van der Waals surface area contributed by atoms with E-state index in [1.54, 1.807) is 0 Å². The second-order valence-corrected chi connectivity index (χ2v) is 4.63. The first-order valence-corrected chi connectivity index (χ1v) is 6.05. The summed E-state index contributed by atoms with van der Waals surface area (Å²) < 4.78 is 0. The fourth-order valence-electron chi connectivity index (χ4n) is 2.48. The summed E-state index contributed by atoms with van der Waals surface area (Å²) >= 11 is 0. The molecule has 3 heterocycles. The van der Waals surface area contributed by atoms with Crippen molar-refractivity contribution in [1.29, 1.82) is 0 Å². The Morgan fingerprint density at radius 1 is 1.31 bits per heavy atom. The van der Waals surface area contributed by atoms with Crippen LogP contribution in [0.3, 0.4) is 0 Å². The molecule has 2 aromatic heterocycles. The third kappa shape index (κ3) is 1.95. The largest absolute Gasteiger partial charge is 0.360 e. The minimum absolute atomic E-state index is 0.762. The van der Waals surface area contributed by atoms with Gasteiger partial charge in [-0.25, -0.2) is 0 Å². The van der Waals surface area contributed by atoms with Crippen molar-refractivity contribution in [1.82, 2.24) is 15.3 Å². The van der Waals surface area contributed by atoms with Crippen molar-refractivity contribution in [3.63, 3.8) is 0 Å². The molecule has 1 fully saturated rings. The summed E-state index contributed by atoms with van der Waals surface area (Å²) in [6, 6.07) is 6.32. The van der Waals surface area contributed by atoms with Gasteiger partial charge in [-0.15, -0.1) is 0 Å². The fourth-order valence-corrected chi connectivity index (χ4v) is 2.48. The molecule has 0 aliphatic carbocycles. The van der Waals surface area contributed by atoms with E-state index in [0.29, 0.717) is 0 Å². The molecule has 0 amide bonds. The number of hydrogen-bond acceptors (Lipinski definition) is 2. The Bertz CT molecular complexity index is 469. The highest BCUT2D eigenvalue weighted by Crippen LogP contribution is 2.17. The van der Waals surface area contributed by atoms with Crippen LogP contribution in [0.25, 0.3) is 11.0 Å². The maximum atomic E-state index is 4.67. The lowest BCUT2D eigenvalue weighted by Gasteiger charge is -2.22. The number of rotatable bonds is 2. The van der Waals surface area contributed by atoms with Gasteiger partial charge in [-0.1, -0.05) is 0 Å². The Morgan fingerprint density at radius 3 is 3.19 bits per heavy atom. The van der Waals surface area contributed by atoms with Crippen LogP contribution in [-0.2, 0) is 6.42 Å². The van der Waals surface area contributed by atoms with Crippen LogP contribution in [-0.4, -0.2) is 23.1 Å². The Balaban J connectivity index is 1.77. The molecule has 1 aliphatic rings. The molecule has 1 atom stereocenters. The zero-order valence-electron chi connectivity index (χ0n) is 9.37. The first-order valence-electron chi connectivity index (χ1n) is 6.05. The Morgan fingerprint density at radius 2 is 2.31 bits per heavy atom. The van der Waals surface area contributed by atoms with E-state index in [9.17, 15) is 0 Å². The molecule has 0 saturated carbocycles. The molecular weight excluding hydrogens is 198 g/mol. The Kier molecular flexibility index (Phi) is 2.62. The van der Waals surface area contributed by atoms with Gasteiger partial charge in [0.05, 0.1) is 11.0 Å². The number of fused-ring (bicyclic) bond motifs is 1. The van der Waals surface area contributed by atoms with E-state index in [1.165, 1.54) is 25.1 Å². The van der Waals surface area contributed by atoms with Crippen molar-refractivity contribution in [2.45, 2.75) is 19.3 Å². The SMILES string of the molecule is c1cc2nc(CC3CCCNC3)ccc2[nH]1. The highest BCUT2D eigenvalue weighted by atomic mass is 14.9. The van der Waals surface area contributed by atoms with Gasteiger partial charge < -0.3 is 10.3 Å². The minimum Gasteiger partial charge on any atom is -0.360 e. The van der Waals surface area contributed by atoms with Crippen molar-refractivity contribution in [3.05, 3.63) is 30.1 Å². The summed E-state index contributed by atoms with van der Waals surface area (Å²) in [4.78, 5) is 7.85. The lowest BCUT2D eigenvalue weighted by Crippen LogP contribution is -2.31. The molecule has 1 saturated heterocycles. The summed E-state index contributed by atoms with van der Waals surface area (Å²) in [6.07, 6.45) is 5.69. The van der Waals surface area contributed by atoms with Gasteiger partial charge in [-0.3, -0.25) is 4.98 Å². The van der Waals surface area contributed by atoms with Crippen LogP contribution in [0.1, 0.15) is 18.5 Å². The smallest absolute Gasteiger partial charge is 0.0882 e. The van der Waals surface area contributed by atoms with E-state index in [2.05, 4.69) is 27.4 Å². The van der Waals surface area contributed by atoms with E-state index in [0.717, 1.165) is 29.9 Å². The van der Waals surface area contributed by atoms with Gasteiger partial charge in [-0.05, 0) is 56.5 Å². The van der Waals surface area contributed by atoms with E-state index in [-0.39, 0.29) is 0 Å². The highest BCUT2D eigenvalue weighted by molar-refractivity contribution is 5.74. The van der Waals surface area contributed by atoms with E-state index in [4.69, 9.17) is 0 Å². The fraction of sp³-hybridized carbons (Fsp3) is 0.462. The van der Waals surface area contributed by atoms with Gasteiger partial charge in [0.2, 0.25) is 0 Å². The predicted molar refractivity (Wildman–Crippen MR) is 65.4 cm³/mol. The molecule has 2 aromatic rings. The van der Waals surface area contributed by atoms with Gasteiger partial charge in [-0.2, -0.15) is 0 Å². The number of H-pyrrole nitrogens is 1. The average molecular weight is 215 g/mol. The number of nitrogens with one attached hydrogen (secondary N) is 2. The molecule has 3 rings (SSSR count). The number of piperidine rings is 1. The molecule has 0 spiro atoms. The minimum atomic E-state index is 0.762. The lowest BCUT2D eigenvalue weighted by molar-refractivity contribution is 0.374. The first kappa shape index (κ1) is 9.85. The van der Waals surface area contributed by atoms with Crippen molar-refractivity contribution >= 4 is 11.0 Å². The number of aromatic amines is 1. The standard InChI is InChI=1S/C13H17N3/c1-2-10(9-14-6-1)8-11-3-4-12-13(16-11)5-7-15-12/h3-5,7,10,14-15H,1-2,6,8-9H2. The van der Waals surface area contributed by atoms with E-state index < -0.39 is 0 Å². The van der Waals surface area contributed by atoms with Crippen LogP contribution in [0.5, 0.6) is 0 Å². The van der Waals surface area contributed by atoms with Gasteiger partial charge in [0.1, 0.15) is 0 Å². The van der Waals surface area contributed by atoms with Crippen LogP contribution >= 0.6 is 0 Å². The number of hydrogen-bond donors (Lipinski definition) is 2. The maximum Gasteiger partial charge on any atom is 0.0882 e. The second-order valence-electron chi connectivity index (χ2n) is 4.63. The second kappa shape index (κ2) is 4.26. The molecule has 1 unspecified atom stereocenters.